The van der Waals surface area contributed by atoms with E-state index in [9.17, 15) is 31.5 Å². The third-order valence-electron chi connectivity index (χ3n) is 4.45. The molecule has 2 aromatic rings. The monoisotopic (exact) mass is 385 g/mol. The first-order chi connectivity index (χ1) is 12.5. The van der Waals surface area contributed by atoms with Gasteiger partial charge in [0.2, 0.25) is 5.91 Å². The minimum atomic E-state index is -4.71. The summed E-state index contributed by atoms with van der Waals surface area (Å²) in [5.74, 6) is -4.37. The molecule has 0 atom stereocenters. The van der Waals surface area contributed by atoms with Crippen molar-refractivity contribution in [2.75, 3.05) is 5.32 Å². The van der Waals surface area contributed by atoms with Crippen molar-refractivity contribution in [3.63, 3.8) is 0 Å². The van der Waals surface area contributed by atoms with Crippen molar-refractivity contribution in [1.82, 2.24) is 0 Å². The number of rotatable bonds is 4. The van der Waals surface area contributed by atoms with Gasteiger partial charge in [-0.15, -0.1) is 0 Å². The molecule has 1 amide bonds. The maximum atomic E-state index is 14.2. The molecule has 4 nitrogen and oxygen atoms in total. The van der Waals surface area contributed by atoms with E-state index >= 15 is 0 Å². The Labute approximate surface area is 149 Å². The van der Waals surface area contributed by atoms with Crippen LogP contribution < -0.4 is 5.32 Å². The number of nitrogens with one attached hydrogen (secondary N) is 1. The SMILES string of the molecule is O=C(O)c1cc(NC(=O)C2(c3ccc(C(F)(F)F)cc3F)CC2)ccc1F. The number of alkyl halides is 3. The highest BCUT2D eigenvalue weighted by molar-refractivity contribution is 6.02. The third kappa shape index (κ3) is 3.49. The minimum absolute atomic E-state index is 0.0163. The van der Waals surface area contributed by atoms with Crippen LogP contribution in [0.5, 0.6) is 0 Å². The highest BCUT2D eigenvalue weighted by Crippen LogP contribution is 2.50. The molecule has 0 radical (unpaired) electrons. The zero-order chi connectivity index (χ0) is 20.0. The van der Waals surface area contributed by atoms with Crippen molar-refractivity contribution < 1.29 is 36.6 Å². The molecule has 0 aromatic heterocycles. The summed E-state index contributed by atoms with van der Waals surface area (Å²) in [6.45, 7) is 0. The van der Waals surface area contributed by atoms with Gasteiger partial charge in [0, 0.05) is 11.3 Å². The Kier molecular flexibility index (Phi) is 4.41. The Morgan fingerprint density at radius 1 is 1.00 bits per heavy atom. The van der Waals surface area contributed by atoms with E-state index in [1.165, 1.54) is 0 Å². The Morgan fingerprint density at radius 3 is 2.19 bits per heavy atom. The summed E-state index contributed by atoms with van der Waals surface area (Å²) in [5.41, 5.74) is -3.35. The van der Waals surface area contributed by atoms with Crippen LogP contribution in [-0.4, -0.2) is 17.0 Å². The normalized spacial score (nSPS) is 15.3. The van der Waals surface area contributed by atoms with E-state index in [2.05, 4.69) is 5.32 Å². The fraction of sp³-hybridized carbons (Fsp3) is 0.222. The number of anilines is 1. The summed E-state index contributed by atoms with van der Waals surface area (Å²) in [5, 5.41) is 11.3. The van der Waals surface area contributed by atoms with Crippen LogP contribution in [0, 0.1) is 11.6 Å². The Bertz CT molecular complexity index is 935. The Morgan fingerprint density at radius 2 is 1.67 bits per heavy atom. The maximum absolute atomic E-state index is 14.2. The highest BCUT2D eigenvalue weighted by atomic mass is 19.4. The number of hydrogen-bond acceptors (Lipinski definition) is 2. The van der Waals surface area contributed by atoms with Crippen molar-refractivity contribution in [3.05, 3.63) is 64.7 Å². The molecule has 1 aliphatic rings. The zero-order valence-corrected chi connectivity index (χ0v) is 13.5. The molecule has 142 valence electrons. The van der Waals surface area contributed by atoms with E-state index < -0.39 is 46.2 Å². The predicted molar refractivity (Wildman–Crippen MR) is 84.3 cm³/mol. The quantitative estimate of drug-likeness (QED) is 0.769. The average molecular weight is 385 g/mol. The van der Waals surface area contributed by atoms with Gasteiger partial charge in [0.05, 0.1) is 16.5 Å². The number of halogens is 5. The molecule has 2 N–H and O–H groups in total. The van der Waals surface area contributed by atoms with E-state index in [4.69, 9.17) is 5.11 Å². The molecule has 0 spiro atoms. The van der Waals surface area contributed by atoms with E-state index in [0.717, 1.165) is 24.3 Å². The van der Waals surface area contributed by atoms with Crippen molar-refractivity contribution in [3.8, 4) is 0 Å². The predicted octanol–water partition coefficient (Wildman–Crippen LogP) is 4.35. The fourth-order valence-corrected chi connectivity index (χ4v) is 2.84. The van der Waals surface area contributed by atoms with Crippen LogP contribution in [0.4, 0.5) is 27.6 Å². The number of carbonyl (C=O) groups is 2. The summed E-state index contributed by atoms with van der Waals surface area (Å²) in [7, 11) is 0. The van der Waals surface area contributed by atoms with E-state index in [1.54, 1.807) is 0 Å². The van der Waals surface area contributed by atoms with Gasteiger partial charge >= 0.3 is 12.1 Å². The molecular formula is C18H12F5NO3. The van der Waals surface area contributed by atoms with Gasteiger partial charge in [-0.2, -0.15) is 13.2 Å². The molecule has 9 heteroatoms. The Hall–Kier alpha value is -2.97. The van der Waals surface area contributed by atoms with Crippen molar-refractivity contribution in [1.29, 1.82) is 0 Å². The van der Waals surface area contributed by atoms with Gasteiger partial charge in [-0.05, 0) is 43.2 Å². The van der Waals surface area contributed by atoms with Crippen molar-refractivity contribution in [2.45, 2.75) is 24.4 Å². The molecule has 0 bridgehead atoms. The molecule has 3 rings (SSSR count). The lowest BCUT2D eigenvalue weighted by molar-refractivity contribution is -0.137. The zero-order valence-electron chi connectivity index (χ0n) is 13.5. The van der Waals surface area contributed by atoms with Gasteiger partial charge in [0.15, 0.2) is 0 Å². The first kappa shape index (κ1) is 18.8. The number of carboxylic acids is 1. The van der Waals surface area contributed by atoms with Gasteiger partial charge in [0.1, 0.15) is 11.6 Å². The second kappa shape index (κ2) is 6.33. The second-order valence-corrected chi connectivity index (χ2v) is 6.23. The van der Waals surface area contributed by atoms with Gasteiger partial charge in [0.25, 0.3) is 0 Å². The summed E-state index contributed by atoms with van der Waals surface area (Å²) in [6, 6.07) is 4.87. The first-order valence-electron chi connectivity index (χ1n) is 7.76. The number of aromatic carboxylic acids is 1. The van der Waals surface area contributed by atoms with Crippen molar-refractivity contribution in [2.24, 2.45) is 0 Å². The molecule has 1 saturated carbocycles. The molecule has 1 aliphatic carbocycles. The Balaban J connectivity index is 1.87. The van der Waals surface area contributed by atoms with Gasteiger partial charge in [-0.1, -0.05) is 6.07 Å². The van der Waals surface area contributed by atoms with Crippen LogP contribution >= 0.6 is 0 Å². The van der Waals surface area contributed by atoms with Crippen LogP contribution in [0.25, 0.3) is 0 Å². The molecule has 0 unspecified atom stereocenters. The van der Waals surface area contributed by atoms with Gasteiger partial charge in [-0.25, -0.2) is 13.6 Å². The van der Waals surface area contributed by atoms with E-state index in [1.807, 2.05) is 0 Å². The smallest absolute Gasteiger partial charge is 0.416 e. The summed E-state index contributed by atoms with van der Waals surface area (Å²) in [6.07, 6.45) is -4.28. The first-order valence-corrected chi connectivity index (χ1v) is 7.76. The molecule has 0 saturated heterocycles. The van der Waals surface area contributed by atoms with Crippen LogP contribution in [0.15, 0.2) is 36.4 Å². The summed E-state index contributed by atoms with van der Waals surface area (Å²) >= 11 is 0. The van der Waals surface area contributed by atoms with E-state index in [0.29, 0.717) is 12.1 Å². The number of hydrogen-bond donors (Lipinski definition) is 2. The second-order valence-electron chi connectivity index (χ2n) is 6.23. The van der Waals surface area contributed by atoms with Crippen LogP contribution in [-0.2, 0) is 16.4 Å². The standard InChI is InChI=1S/C18H12F5NO3/c19-13-4-2-10(8-11(13)15(25)26)24-16(27)17(5-6-17)12-3-1-9(7-14(12)20)18(21,22)23/h1-4,7-8H,5-6H2,(H,24,27)(H,25,26). The van der Waals surface area contributed by atoms with E-state index in [-0.39, 0.29) is 24.1 Å². The van der Waals surface area contributed by atoms with Gasteiger partial charge < -0.3 is 10.4 Å². The van der Waals surface area contributed by atoms with Crippen molar-refractivity contribution >= 4 is 17.6 Å². The van der Waals surface area contributed by atoms with Crippen LogP contribution in [0.2, 0.25) is 0 Å². The number of amides is 1. The lowest BCUT2D eigenvalue weighted by Gasteiger charge is -2.18. The number of carboxylic acid groups (broad SMARTS) is 1. The lowest BCUT2D eigenvalue weighted by Crippen LogP contribution is -2.29. The average Bonchev–Trinajstić information content (AvgIpc) is 3.37. The molecule has 1 fully saturated rings. The van der Waals surface area contributed by atoms with Crippen LogP contribution in [0.1, 0.15) is 34.3 Å². The number of carbonyl (C=O) groups excluding carboxylic acids is 1. The fourth-order valence-electron chi connectivity index (χ4n) is 2.84. The number of benzene rings is 2. The lowest BCUT2D eigenvalue weighted by atomic mass is 9.93. The summed E-state index contributed by atoms with van der Waals surface area (Å²) in [4.78, 5) is 23.5. The molecule has 0 aliphatic heterocycles. The molecule has 0 heterocycles. The summed E-state index contributed by atoms with van der Waals surface area (Å²) < 4.78 is 65.7. The third-order valence-corrected chi connectivity index (χ3v) is 4.45. The highest BCUT2D eigenvalue weighted by Gasteiger charge is 2.53. The largest absolute Gasteiger partial charge is 0.478 e. The molecular weight excluding hydrogens is 373 g/mol. The minimum Gasteiger partial charge on any atom is -0.478 e. The molecule has 2 aromatic carbocycles. The molecule has 27 heavy (non-hydrogen) atoms. The topological polar surface area (TPSA) is 66.4 Å². The maximum Gasteiger partial charge on any atom is 0.416 e. The van der Waals surface area contributed by atoms with Crippen LogP contribution in [0.3, 0.4) is 0 Å². The van der Waals surface area contributed by atoms with Gasteiger partial charge in [-0.3, -0.25) is 4.79 Å².